The molecule has 1 aliphatic rings. The summed E-state index contributed by atoms with van der Waals surface area (Å²) < 4.78 is 93.1. The van der Waals surface area contributed by atoms with E-state index in [0.717, 1.165) is 21.8 Å². The third kappa shape index (κ3) is 7.31. The van der Waals surface area contributed by atoms with E-state index in [0.29, 0.717) is 0 Å². The van der Waals surface area contributed by atoms with E-state index in [1.54, 1.807) is 43.3 Å². The molecule has 10 nitrogen and oxygen atoms in total. The molecule has 1 heterocycles. The fraction of sp³-hybridized carbons (Fsp3) is 0.308. The molecule has 0 radical (unpaired) electrons. The van der Waals surface area contributed by atoms with Crippen molar-refractivity contribution in [2.45, 2.75) is 54.0 Å². The van der Waals surface area contributed by atoms with E-state index >= 15 is 0 Å². The monoisotopic (exact) mass is 595 g/mol. The molecule has 210 valence electrons. The number of hydroxylamine groups is 2. The zero-order chi connectivity index (χ0) is 28.4. The van der Waals surface area contributed by atoms with Crippen LogP contribution >= 0.6 is 0 Å². The Morgan fingerprint density at radius 1 is 0.641 bits per heavy atom. The highest BCUT2D eigenvalue weighted by Gasteiger charge is 2.40. The van der Waals surface area contributed by atoms with Gasteiger partial charge in [-0.05, 0) is 63.6 Å². The molecule has 3 aromatic rings. The van der Waals surface area contributed by atoms with Gasteiger partial charge in [0.25, 0.3) is 20.2 Å². The fourth-order valence-electron chi connectivity index (χ4n) is 3.91. The van der Waals surface area contributed by atoms with Gasteiger partial charge in [-0.3, -0.25) is 8.37 Å². The summed E-state index contributed by atoms with van der Waals surface area (Å²) in [5.41, 5.74) is 2.57. The van der Waals surface area contributed by atoms with Crippen molar-refractivity contribution in [2.24, 2.45) is 0 Å². The van der Waals surface area contributed by atoms with Gasteiger partial charge < -0.3 is 0 Å². The van der Waals surface area contributed by atoms with Crippen LogP contribution in [0.15, 0.2) is 87.5 Å². The first-order chi connectivity index (χ1) is 18.2. The maximum atomic E-state index is 13.0. The third-order valence-electron chi connectivity index (χ3n) is 6.13. The van der Waals surface area contributed by atoms with Gasteiger partial charge in [0.2, 0.25) is 0 Å². The maximum Gasteiger partial charge on any atom is 0.313 e. The van der Waals surface area contributed by atoms with Crippen LogP contribution in [0.1, 0.15) is 23.1 Å². The minimum absolute atomic E-state index is 0.0607. The fourth-order valence-corrected chi connectivity index (χ4v) is 6.92. The summed E-state index contributed by atoms with van der Waals surface area (Å²) in [5.74, 6) is 0. The lowest BCUT2D eigenvalue weighted by Crippen LogP contribution is -2.36. The number of hydrogen-bond donors (Lipinski definition) is 0. The molecule has 0 saturated carbocycles. The normalized spacial score (nSPS) is 18.8. The van der Waals surface area contributed by atoms with Crippen LogP contribution in [-0.4, -0.2) is 55.6 Å². The molecular formula is C26H29NO9S3. The van der Waals surface area contributed by atoms with Crippen molar-refractivity contribution in [1.82, 2.24) is 5.06 Å². The number of hydrogen-bond acceptors (Lipinski definition) is 10. The van der Waals surface area contributed by atoms with Gasteiger partial charge in [-0.15, -0.1) is 0 Å². The Morgan fingerprint density at radius 3 is 1.51 bits per heavy atom. The highest BCUT2D eigenvalue weighted by atomic mass is 32.2. The molecule has 1 fully saturated rings. The van der Waals surface area contributed by atoms with Crippen LogP contribution in [0, 0.1) is 20.8 Å². The second-order valence-corrected chi connectivity index (χ2v) is 14.1. The Balaban J connectivity index is 1.55. The predicted molar refractivity (Wildman–Crippen MR) is 142 cm³/mol. The third-order valence-corrected chi connectivity index (χ3v) is 10.0. The first-order valence-electron chi connectivity index (χ1n) is 12.0. The number of rotatable bonds is 10. The smallest absolute Gasteiger partial charge is 0.265 e. The topological polar surface area (TPSA) is 133 Å². The first-order valence-corrected chi connectivity index (χ1v) is 16.2. The first kappa shape index (κ1) is 29.3. The zero-order valence-corrected chi connectivity index (χ0v) is 24.0. The Hall–Kier alpha value is -2.65. The van der Waals surface area contributed by atoms with Crippen molar-refractivity contribution >= 4 is 30.4 Å². The molecule has 0 aliphatic carbocycles. The van der Waals surface area contributed by atoms with Gasteiger partial charge >= 0.3 is 10.1 Å². The molecule has 3 aromatic carbocycles. The molecule has 0 bridgehead atoms. The predicted octanol–water partition coefficient (Wildman–Crippen LogP) is 3.49. The highest BCUT2D eigenvalue weighted by Crippen LogP contribution is 2.28. The Bertz CT molecular complexity index is 1620. The van der Waals surface area contributed by atoms with Gasteiger partial charge in [0.15, 0.2) is 0 Å². The Labute approximate surface area is 229 Å². The Kier molecular flexibility index (Phi) is 8.61. The summed E-state index contributed by atoms with van der Waals surface area (Å²) in [4.78, 5) is -0.244. The molecule has 4 rings (SSSR count). The van der Waals surface area contributed by atoms with Gasteiger partial charge in [0.1, 0.15) is 0 Å². The quantitative estimate of drug-likeness (QED) is 0.321. The summed E-state index contributed by atoms with van der Waals surface area (Å²) in [7, 11) is -12.7. The van der Waals surface area contributed by atoms with Crippen molar-refractivity contribution in [3.05, 3.63) is 89.5 Å². The van der Waals surface area contributed by atoms with Crippen molar-refractivity contribution in [1.29, 1.82) is 0 Å². The minimum Gasteiger partial charge on any atom is -0.265 e. The van der Waals surface area contributed by atoms with Crippen LogP contribution < -0.4 is 0 Å². The number of benzene rings is 3. The lowest BCUT2D eigenvalue weighted by molar-refractivity contribution is -0.0768. The van der Waals surface area contributed by atoms with Crippen LogP contribution in [-0.2, 0) is 43.0 Å². The largest absolute Gasteiger partial charge is 0.313 e. The lowest BCUT2D eigenvalue weighted by atomic mass is 10.2. The maximum absolute atomic E-state index is 13.0. The lowest BCUT2D eigenvalue weighted by Gasteiger charge is -2.22. The van der Waals surface area contributed by atoms with Gasteiger partial charge in [-0.2, -0.15) is 34.6 Å². The van der Waals surface area contributed by atoms with Crippen molar-refractivity contribution < 1.29 is 37.9 Å². The molecule has 39 heavy (non-hydrogen) atoms. The zero-order valence-electron chi connectivity index (χ0n) is 21.6. The second-order valence-electron chi connectivity index (χ2n) is 9.37. The van der Waals surface area contributed by atoms with E-state index in [1.807, 2.05) is 13.8 Å². The van der Waals surface area contributed by atoms with Crippen LogP contribution in [0.5, 0.6) is 0 Å². The van der Waals surface area contributed by atoms with Crippen LogP contribution in [0.3, 0.4) is 0 Å². The molecule has 13 heteroatoms. The molecule has 0 aromatic heterocycles. The standard InChI is InChI=1S/C26H29NO9S3/c1-19-4-10-24(11-5-19)37(28,29)34-18-22-16-23(35-38(30,31)25-12-6-20(2)7-13-25)17-27(22)36-39(32,33)26-14-8-21(3)9-15-26/h4-15,22-23H,16-18H2,1-3H3/t22-,23+/m0/s1. The van der Waals surface area contributed by atoms with Crippen molar-refractivity contribution in [2.75, 3.05) is 13.2 Å². The van der Waals surface area contributed by atoms with E-state index in [4.69, 9.17) is 12.6 Å². The van der Waals surface area contributed by atoms with Gasteiger partial charge in [0.05, 0.1) is 40.0 Å². The number of aryl methyl sites for hydroxylation is 3. The van der Waals surface area contributed by atoms with E-state index in [2.05, 4.69) is 0 Å². The summed E-state index contributed by atoms with van der Waals surface area (Å²) in [6.07, 6.45) is -1.10. The average Bonchev–Trinajstić information content (AvgIpc) is 3.23. The van der Waals surface area contributed by atoms with E-state index < -0.39 is 49.1 Å². The highest BCUT2D eigenvalue weighted by molar-refractivity contribution is 7.87. The molecule has 1 saturated heterocycles. The summed E-state index contributed by atoms with van der Waals surface area (Å²) >= 11 is 0. The van der Waals surface area contributed by atoms with Crippen molar-refractivity contribution in [3.8, 4) is 0 Å². The molecule has 0 amide bonds. The molecular weight excluding hydrogens is 566 g/mol. The molecule has 1 aliphatic heterocycles. The minimum atomic E-state index is -4.31. The van der Waals surface area contributed by atoms with Gasteiger partial charge in [-0.25, -0.2) is 0 Å². The summed E-state index contributed by atoms with van der Waals surface area (Å²) in [5, 5.41) is 0.995. The Morgan fingerprint density at radius 2 is 1.05 bits per heavy atom. The van der Waals surface area contributed by atoms with E-state index in [1.165, 1.54) is 36.4 Å². The summed E-state index contributed by atoms with van der Waals surface area (Å²) in [6.45, 7) is 4.66. The average molecular weight is 596 g/mol. The van der Waals surface area contributed by atoms with E-state index in [9.17, 15) is 25.3 Å². The molecule has 2 atom stereocenters. The molecule has 0 N–H and O–H groups in total. The van der Waals surface area contributed by atoms with E-state index in [-0.39, 0.29) is 27.7 Å². The van der Waals surface area contributed by atoms with Gasteiger partial charge in [-0.1, -0.05) is 53.1 Å². The van der Waals surface area contributed by atoms with Crippen molar-refractivity contribution in [3.63, 3.8) is 0 Å². The number of nitrogens with zero attached hydrogens (tertiary/aromatic N) is 1. The molecule has 0 unspecified atom stereocenters. The molecule has 0 spiro atoms. The van der Waals surface area contributed by atoms with Gasteiger partial charge in [0, 0.05) is 0 Å². The van der Waals surface area contributed by atoms with Crippen LogP contribution in [0.2, 0.25) is 0 Å². The van der Waals surface area contributed by atoms with Crippen LogP contribution in [0.25, 0.3) is 0 Å². The van der Waals surface area contributed by atoms with Crippen LogP contribution in [0.4, 0.5) is 0 Å². The SMILES string of the molecule is Cc1ccc(S(=O)(=O)OC[C@@H]2C[C@@H](OS(=O)(=O)c3ccc(C)cc3)CN2OS(=O)(=O)c2ccc(C)cc2)cc1. The second kappa shape index (κ2) is 11.5. The summed E-state index contributed by atoms with van der Waals surface area (Å²) in [6, 6.07) is 17.1.